The molecule has 0 aliphatic heterocycles. The Morgan fingerprint density at radius 2 is 2.00 bits per heavy atom. The number of nitro groups is 1. The second-order valence-electron chi connectivity index (χ2n) is 4.08. The van der Waals surface area contributed by atoms with E-state index in [1.165, 1.54) is 24.3 Å². The second-order valence-corrected chi connectivity index (χ2v) is 5.00. The van der Waals surface area contributed by atoms with E-state index in [9.17, 15) is 19.7 Å². The summed E-state index contributed by atoms with van der Waals surface area (Å²) in [5.74, 6) is -1.64. The first-order valence-corrected chi connectivity index (χ1v) is 6.70. The number of benzene rings is 1. The smallest absolute Gasteiger partial charge is 0.348 e. The maximum atomic E-state index is 11.9. The standard InChI is InChI=1S/C13H10N2O5S/c16-11(14-9-5-6-21-12(9)13(17)18)7-8-3-1-2-4-10(8)15(19)20/h1-6H,7H2,(H,14,16)(H,17,18). The number of nitrogens with zero attached hydrogens (tertiary/aromatic N) is 1. The van der Waals surface area contributed by atoms with Gasteiger partial charge in [-0.25, -0.2) is 4.79 Å². The van der Waals surface area contributed by atoms with Crippen LogP contribution in [0.3, 0.4) is 0 Å². The van der Waals surface area contributed by atoms with Crippen molar-refractivity contribution in [3.8, 4) is 0 Å². The Hall–Kier alpha value is -2.74. The van der Waals surface area contributed by atoms with Crippen molar-refractivity contribution in [2.24, 2.45) is 0 Å². The van der Waals surface area contributed by atoms with Crippen molar-refractivity contribution in [2.75, 3.05) is 5.32 Å². The van der Waals surface area contributed by atoms with Crippen molar-refractivity contribution in [3.05, 3.63) is 56.3 Å². The van der Waals surface area contributed by atoms with Crippen LogP contribution in [0.1, 0.15) is 15.2 Å². The summed E-state index contributed by atoms with van der Waals surface area (Å²) >= 11 is 0.991. The molecule has 0 unspecified atom stereocenters. The third kappa shape index (κ3) is 3.42. The number of carboxylic acids is 1. The molecule has 0 saturated carbocycles. The molecule has 2 N–H and O–H groups in total. The molecule has 21 heavy (non-hydrogen) atoms. The molecule has 1 heterocycles. The number of hydrogen-bond acceptors (Lipinski definition) is 5. The van der Waals surface area contributed by atoms with Gasteiger partial charge in [-0.2, -0.15) is 0 Å². The number of carbonyl (C=O) groups excluding carboxylic acids is 1. The quantitative estimate of drug-likeness (QED) is 0.651. The predicted molar refractivity (Wildman–Crippen MR) is 76.7 cm³/mol. The van der Waals surface area contributed by atoms with Crippen LogP contribution in [0.5, 0.6) is 0 Å². The number of anilines is 1. The molecule has 7 nitrogen and oxygen atoms in total. The summed E-state index contributed by atoms with van der Waals surface area (Å²) in [5.41, 5.74) is 0.319. The van der Waals surface area contributed by atoms with Crippen LogP contribution >= 0.6 is 11.3 Å². The highest BCUT2D eigenvalue weighted by Crippen LogP contribution is 2.23. The monoisotopic (exact) mass is 306 g/mol. The van der Waals surface area contributed by atoms with Gasteiger partial charge in [0, 0.05) is 11.6 Å². The van der Waals surface area contributed by atoms with Gasteiger partial charge in [-0.15, -0.1) is 11.3 Å². The molecule has 0 atom stereocenters. The highest BCUT2D eigenvalue weighted by atomic mass is 32.1. The van der Waals surface area contributed by atoms with Gasteiger partial charge in [-0.05, 0) is 11.4 Å². The van der Waals surface area contributed by atoms with Crippen LogP contribution in [0.25, 0.3) is 0 Å². The van der Waals surface area contributed by atoms with Crippen LogP contribution in [-0.2, 0) is 11.2 Å². The normalized spacial score (nSPS) is 10.1. The van der Waals surface area contributed by atoms with Crippen LogP contribution < -0.4 is 5.32 Å². The van der Waals surface area contributed by atoms with E-state index < -0.39 is 16.8 Å². The lowest BCUT2D eigenvalue weighted by atomic mass is 10.1. The fraction of sp³-hybridized carbons (Fsp3) is 0.0769. The molecule has 1 aromatic heterocycles. The zero-order valence-electron chi connectivity index (χ0n) is 10.6. The van der Waals surface area contributed by atoms with Gasteiger partial charge in [-0.1, -0.05) is 18.2 Å². The van der Waals surface area contributed by atoms with Crippen molar-refractivity contribution in [2.45, 2.75) is 6.42 Å². The first-order chi connectivity index (χ1) is 9.99. The summed E-state index contributed by atoms with van der Waals surface area (Å²) < 4.78 is 0. The van der Waals surface area contributed by atoms with Crippen molar-refractivity contribution in [1.29, 1.82) is 0 Å². The minimum atomic E-state index is -1.13. The fourth-order valence-electron chi connectivity index (χ4n) is 1.78. The molecule has 2 rings (SSSR count). The van der Waals surface area contributed by atoms with Gasteiger partial charge < -0.3 is 10.4 Å². The maximum Gasteiger partial charge on any atom is 0.348 e. The van der Waals surface area contributed by atoms with Crippen LogP contribution in [0.15, 0.2) is 35.7 Å². The Morgan fingerprint density at radius 3 is 2.67 bits per heavy atom. The maximum absolute atomic E-state index is 11.9. The van der Waals surface area contributed by atoms with Gasteiger partial charge in [-0.3, -0.25) is 14.9 Å². The summed E-state index contributed by atoms with van der Waals surface area (Å²) in [7, 11) is 0. The number of carbonyl (C=O) groups is 2. The van der Waals surface area contributed by atoms with Crippen LogP contribution in [-0.4, -0.2) is 21.9 Å². The third-order valence-corrected chi connectivity index (χ3v) is 3.58. The molecule has 0 aliphatic rings. The van der Waals surface area contributed by atoms with Gasteiger partial charge in [0.25, 0.3) is 5.69 Å². The van der Waals surface area contributed by atoms with E-state index in [0.717, 1.165) is 11.3 Å². The van der Waals surface area contributed by atoms with E-state index in [2.05, 4.69) is 5.32 Å². The molecule has 0 bridgehead atoms. The Labute approximate surface area is 123 Å². The lowest BCUT2D eigenvalue weighted by molar-refractivity contribution is -0.385. The molecule has 1 aromatic carbocycles. The number of carboxylic acid groups (broad SMARTS) is 1. The average molecular weight is 306 g/mol. The van der Waals surface area contributed by atoms with Gasteiger partial charge in [0.05, 0.1) is 17.0 Å². The van der Waals surface area contributed by atoms with Crippen molar-refractivity contribution in [1.82, 2.24) is 0 Å². The summed E-state index contributed by atoms with van der Waals surface area (Å²) in [4.78, 5) is 33.2. The molecule has 0 fully saturated rings. The van der Waals surface area contributed by atoms with E-state index >= 15 is 0 Å². The van der Waals surface area contributed by atoms with Crippen molar-refractivity contribution in [3.63, 3.8) is 0 Å². The molecule has 2 aromatic rings. The molecule has 0 saturated heterocycles. The van der Waals surface area contributed by atoms with E-state index in [4.69, 9.17) is 5.11 Å². The first kappa shape index (κ1) is 14.7. The average Bonchev–Trinajstić information content (AvgIpc) is 2.87. The van der Waals surface area contributed by atoms with Crippen molar-refractivity contribution >= 4 is 34.6 Å². The predicted octanol–water partition coefficient (Wildman–Crippen LogP) is 2.54. The number of rotatable bonds is 5. The number of nitrogens with one attached hydrogen (secondary N) is 1. The number of hydrogen-bond donors (Lipinski definition) is 2. The summed E-state index contributed by atoms with van der Waals surface area (Å²) in [6.07, 6.45) is -0.202. The Bertz CT molecular complexity index is 710. The largest absolute Gasteiger partial charge is 0.477 e. The summed E-state index contributed by atoms with van der Waals surface area (Å²) in [5, 5.41) is 23.8. The number of thiophene rings is 1. The number of para-hydroxylation sites is 1. The highest BCUT2D eigenvalue weighted by Gasteiger charge is 2.18. The Morgan fingerprint density at radius 1 is 1.29 bits per heavy atom. The summed E-state index contributed by atoms with van der Waals surface area (Å²) in [6.45, 7) is 0. The third-order valence-electron chi connectivity index (χ3n) is 2.67. The van der Waals surface area contributed by atoms with E-state index in [0.29, 0.717) is 0 Å². The van der Waals surface area contributed by atoms with E-state index in [-0.39, 0.29) is 28.2 Å². The molecule has 1 amide bonds. The number of amides is 1. The van der Waals surface area contributed by atoms with E-state index in [1.54, 1.807) is 11.4 Å². The van der Waals surface area contributed by atoms with Gasteiger partial charge >= 0.3 is 5.97 Å². The topological polar surface area (TPSA) is 110 Å². The van der Waals surface area contributed by atoms with E-state index in [1.807, 2.05) is 0 Å². The summed E-state index contributed by atoms with van der Waals surface area (Å²) in [6, 6.07) is 7.40. The SMILES string of the molecule is O=C(Cc1ccccc1[N+](=O)[O-])Nc1ccsc1C(=O)O. The molecular formula is C13H10N2O5S. The van der Waals surface area contributed by atoms with Crippen molar-refractivity contribution < 1.29 is 19.6 Å². The van der Waals surface area contributed by atoms with Gasteiger partial charge in [0.1, 0.15) is 4.88 Å². The van der Waals surface area contributed by atoms with Crippen LogP contribution in [0, 0.1) is 10.1 Å². The zero-order chi connectivity index (χ0) is 15.4. The van der Waals surface area contributed by atoms with Gasteiger partial charge in [0.15, 0.2) is 0 Å². The molecule has 8 heteroatoms. The minimum Gasteiger partial charge on any atom is -0.477 e. The fourth-order valence-corrected chi connectivity index (χ4v) is 2.47. The Balaban J connectivity index is 2.14. The minimum absolute atomic E-state index is 0.0194. The molecule has 0 spiro atoms. The first-order valence-electron chi connectivity index (χ1n) is 5.82. The van der Waals surface area contributed by atoms with Crippen LogP contribution in [0.4, 0.5) is 11.4 Å². The molecular weight excluding hydrogens is 296 g/mol. The number of nitro benzene ring substituents is 1. The number of aromatic carboxylic acids is 1. The van der Waals surface area contributed by atoms with Gasteiger partial charge in [0.2, 0.25) is 5.91 Å². The Kier molecular flexibility index (Phi) is 4.29. The lowest BCUT2D eigenvalue weighted by Gasteiger charge is -2.05. The molecule has 0 aliphatic carbocycles. The second kappa shape index (κ2) is 6.14. The zero-order valence-corrected chi connectivity index (χ0v) is 11.4. The molecule has 108 valence electrons. The molecule has 0 radical (unpaired) electrons. The highest BCUT2D eigenvalue weighted by molar-refractivity contribution is 7.12. The lowest BCUT2D eigenvalue weighted by Crippen LogP contribution is -2.16. The van der Waals surface area contributed by atoms with Crippen LogP contribution in [0.2, 0.25) is 0 Å².